The molecule has 0 aliphatic heterocycles. The van der Waals surface area contributed by atoms with Crippen LogP contribution in [-0.2, 0) is 0 Å². The molecule has 0 radical (unpaired) electrons. The number of rotatable bonds is 8. The van der Waals surface area contributed by atoms with Gasteiger partial charge in [-0.2, -0.15) is 8.75 Å². The van der Waals surface area contributed by atoms with Gasteiger partial charge in [0.25, 0.3) is 5.91 Å². The van der Waals surface area contributed by atoms with Crippen LogP contribution in [0.25, 0.3) is 0 Å². The van der Waals surface area contributed by atoms with Crippen LogP contribution >= 0.6 is 11.7 Å². The molecule has 1 aromatic heterocycles. The number of para-hydroxylation sites is 1. The van der Waals surface area contributed by atoms with Crippen LogP contribution in [0.2, 0.25) is 0 Å². The summed E-state index contributed by atoms with van der Waals surface area (Å²) >= 11 is 0.979. The molecule has 2 aromatic carbocycles. The van der Waals surface area contributed by atoms with E-state index in [4.69, 9.17) is 4.74 Å². The molecule has 1 amide bonds. The van der Waals surface area contributed by atoms with Crippen molar-refractivity contribution in [2.24, 2.45) is 0 Å². The minimum Gasteiger partial charge on any atom is -0.494 e. The Morgan fingerprint density at radius 3 is 2.45 bits per heavy atom. The predicted molar refractivity (Wildman–Crippen MR) is 117 cm³/mol. The summed E-state index contributed by atoms with van der Waals surface area (Å²) < 4.78 is 41.3. The third-order valence-electron chi connectivity index (χ3n) is 4.60. The van der Waals surface area contributed by atoms with Crippen molar-refractivity contribution in [3.63, 3.8) is 0 Å². The van der Waals surface area contributed by atoms with E-state index in [1.807, 2.05) is 6.92 Å². The molecule has 0 unspecified atom stereocenters. The zero-order valence-corrected chi connectivity index (χ0v) is 18.4. The van der Waals surface area contributed by atoms with E-state index in [-0.39, 0.29) is 11.9 Å². The van der Waals surface area contributed by atoms with E-state index in [1.54, 1.807) is 32.3 Å². The molecule has 1 atom stereocenters. The summed E-state index contributed by atoms with van der Waals surface area (Å²) in [6.45, 7) is 1.90. The highest BCUT2D eigenvalue weighted by atomic mass is 32.1. The smallest absolute Gasteiger partial charge is 0.257 e. The molecule has 2 N–H and O–H groups in total. The average Bonchev–Trinajstić information content (AvgIpc) is 3.16. The summed E-state index contributed by atoms with van der Waals surface area (Å²) in [4.78, 5) is 13.9. The standard InChI is InChI=1S/C21H23F2N5O2S/c1-5-16(12-9-13(22)11-14(23)10-12)24-19-20(27-31-26-19)25-17-8-6-7-15(18(17)30-4)21(29)28(2)3/h6-11,16H,5H2,1-4H3,(H,24,26)(H,25,27)/t16-/m1/s1. The Bertz CT molecular complexity index is 1050. The molecule has 0 fully saturated rings. The van der Waals surface area contributed by atoms with E-state index in [2.05, 4.69) is 19.4 Å². The molecule has 31 heavy (non-hydrogen) atoms. The van der Waals surface area contributed by atoms with Crippen molar-refractivity contribution in [1.29, 1.82) is 0 Å². The molecule has 7 nitrogen and oxygen atoms in total. The van der Waals surface area contributed by atoms with Crippen LogP contribution in [0.5, 0.6) is 5.75 Å². The molecule has 164 valence electrons. The number of hydrogen-bond acceptors (Lipinski definition) is 7. The van der Waals surface area contributed by atoms with Gasteiger partial charge < -0.3 is 20.3 Å². The lowest BCUT2D eigenvalue weighted by atomic mass is 10.0. The second kappa shape index (κ2) is 9.69. The average molecular weight is 448 g/mol. The summed E-state index contributed by atoms with van der Waals surface area (Å²) in [5, 5.41) is 6.33. The molecule has 10 heteroatoms. The highest BCUT2D eigenvalue weighted by Crippen LogP contribution is 2.35. The summed E-state index contributed by atoms with van der Waals surface area (Å²) in [6, 6.07) is 8.20. The van der Waals surface area contributed by atoms with Crippen molar-refractivity contribution in [1.82, 2.24) is 13.6 Å². The topological polar surface area (TPSA) is 79.4 Å². The van der Waals surface area contributed by atoms with E-state index in [9.17, 15) is 13.6 Å². The molecule has 0 aliphatic carbocycles. The van der Waals surface area contributed by atoms with E-state index in [0.717, 1.165) is 17.8 Å². The van der Waals surface area contributed by atoms with Gasteiger partial charge in [0.2, 0.25) is 0 Å². The fourth-order valence-corrected chi connectivity index (χ4v) is 3.60. The van der Waals surface area contributed by atoms with E-state index < -0.39 is 11.6 Å². The fraction of sp³-hybridized carbons (Fsp3) is 0.286. The van der Waals surface area contributed by atoms with Crippen LogP contribution in [0.3, 0.4) is 0 Å². The van der Waals surface area contributed by atoms with Crippen LogP contribution in [0.1, 0.15) is 35.3 Å². The summed E-state index contributed by atoms with van der Waals surface area (Å²) in [5.74, 6) is -0.274. The van der Waals surface area contributed by atoms with Crippen molar-refractivity contribution in [3.05, 3.63) is 59.2 Å². The second-order valence-corrected chi connectivity index (χ2v) is 7.51. The van der Waals surface area contributed by atoms with Gasteiger partial charge in [-0.3, -0.25) is 4.79 Å². The van der Waals surface area contributed by atoms with Gasteiger partial charge in [0.15, 0.2) is 17.4 Å². The van der Waals surface area contributed by atoms with Crippen molar-refractivity contribution < 1.29 is 18.3 Å². The Labute approximate surface area is 183 Å². The highest BCUT2D eigenvalue weighted by Gasteiger charge is 2.20. The van der Waals surface area contributed by atoms with Crippen LogP contribution in [-0.4, -0.2) is 40.8 Å². The van der Waals surface area contributed by atoms with Crippen LogP contribution < -0.4 is 15.4 Å². The lowest BCUT2D eigenvalue weighted by molar-refractivity contribution is 0.0824. The van der Waals surface area contributed by atoms with Gasteiger partial charge in [-0.25, -0.2) is 8.78 Å². The van der Waals surface area contributed by atoms with E-state index >= 15 is 0 Å². The van der Waals surface area contributed by atoms with Gasteiger partial charge in [0.05, 0.1) is 36.1 Å². The Hall–Kier alpha value is -3.27. The largest absolute Gasteiger partial charge is 0.494 e. The van der Waals surface area contributed by atoms with Crippen LogP contribution in [0, 0.1) is 11.6 Å². The van der Waals surface area contributed by atoms with Gasteiger partial charge >= 0.3 is 0 Å². The first-order valence-corrected chi connectivity index (χ1v) is 10.3. The predicted octanol–water partition coefficient (Wildman–Crippen LogP) is 4.83. The molecule has 0 aliphatic rings. The minimum atomic E-state index is -0.642. The zero-order chi connectivity index (χ0) is 22.5. The van der Waals surface area contributed by atoms with Crippen molar-refractivity contribution in [3.8, 4) is 5.75 Å². The minimum absolute atomic E-state index is 0.200. The molecular weight excluding hydrogens is 424 g/mol. The van der Waals surface area contributed by atoms with Gasteiger partial charge in [-0.05, 0) is 36.2 Å². The molecule has 3 aromatic rings. The summed E-state index contributed by atoms with van der Waals surface area (Å²) in [6.07, 6.45) is 0.565. The number of nitrogens with zero attached hydrogens (tertiary/aromatic N) is 3. The van der Waals surface area contributed by atoms with Gasteiger partial charge in [-0.1, -0.05) is 13.0 Å². The number of aromatic nitrogens is 2. The summed E-state index contributed by atoms with van der Waals surface area (Å²) in [7, 11) is 4.81. The first-order chi connectivity index (χ1) is 14.8. The number of hydrogen-bond donors (Lipinski definition) is 2. The fourth-order valence-electron chi connectivity index (χ4n) is 3.12. The van der Waals surface area contributed by atoms with Crippen LogP contribution in [0.4, 0.5) is 26.1 Å². The van der Waals surface area contributed by atoms with Crippen LogP contribution in [0.15, 0.2) is 36.4 Å². The number of ether oxygens (including phenoxy) is 1. The first kappa shape index (κ1) is 22.4. The quantitative estimate of drug-likeness (QED) is 0.515. The molecule has 1 heterocycles. The SMILES string of the molecule is CC[C@@H](Nc1nsnc1Nc1cccc(C(=O)N(C)C)c1OC)c1cc(F)cc(F)c1. The molecule has 0 bridgehead atoms. The lowest BCUT2D eigenvalue weighted by Gasteiger charge is -2.19. The maximum Gasteiger partial charge on any atom is 0.257 e. The number of amides is 1. The van der Waals surface area contributed by atoms with E-state index in [1.165, 1.54) is 24.1 Å². The van der Waals surface area contributed by atoms with Crippen molar-refractivity contribution >= 4 is 35.0 Å². The molecule has 3 rings (SSSR count). The number of benzene rings is 2. The normalized spacial score (nSPS) is 11.7. The Balaban J connectivity index is 1.89. The number of carbonyl (C=O) groups is 1. The number of nitrogens with one attached hydrogen (secondary N) is 2. The molecule has 0 saturated heterocycles. The zero-order valence-electron chi connectivity index (χ0n) is 17.6. The monoisotopic (exact) mass is 447 g/mol. The highest BCUT2D eigenvalue weighted by molar-refractivity contribution is 6.99. The summed E-state index contributed by atoms with van der Waals surface area (Å²) in [5.41, 5.74) is 1.41. The van der Waals surface area contributed by atoms with Crippen molar-refractivity contribution in [2.45, 2.75) is 19.4 Å². The Morgan fingerprint density at radius 1 is 1.16 bits per heavy atom. The second-order valence-electron chi connectivity index (χ2n) is 6.98. The van der Waals surface area contributed by atoms with Crippen molar-refractivity contribution in [2.75, 3.05) is 31.8 Å². The third-order valence-corrected chi connectivity index (χ3v) is 5.13. The maximum atomic E-state index is 13.7. The number of carbonyl (C=O) groups excluding carboxylic acids is 1. The number of methoxy groups -OCH3 is 1. The van der Waals surface area contributed by atoms with Gasteiger partial charge in [0, 0.05) is 20.2 Å². The number of halogens is 2. The first-order valence-electron chi connectivity index (χ1n) is 9.54. The van der Waals surface area contributed by atoms with Gasteiger partial charge in [0.1, 0.15) is 11.6 Å². The Morgan fingerprint density at radius 2 is 1.84 bits per heavy atom. The Kier molecular flexibility index (Phi) is 7.01. The third kappa shape index (κ3) is 5.08. The maximum absolute atomic E-state index is 13.7. The number of anilines is 3. The van der Waals surface area contributed by atoms with E-state index in [0.29, 0.717) is 40.6 Å². The molecule has 0 saturated carbocycles. The van der Waals surface area contributed by atoms with Gasteiger partial charge in [-0.15, -0.1) is 0 Å². The molecule has 0 spiro atoms. The lowest BCUT2D eigenvalue weighted by Crippen LogP contribution is -2.22. The molecular formula is C21H23F2N5O2S.